The van der Waals surface area contributed by atoms with Gasteiger partial charge in [0.15, 0.2) is 48.3 Å². The van der Waals surface area contributed by atoms with Gasteiger partial charge in [-0.05, 0) is 80.8 Å². The van der Waals surface area contributed by atoms with E-state index in [1.807, 2.05) is 113 Å². The lowest BCUT2D eigenvalue weighted by Gasteiger charge is -2.44. The molecule has 30 heteroatoms. The van der Waals surface area contributed by atoms with E-state index in [4.69, 9.17) is 75.4 Å². The average molecular weight is 1390 g/mol. The summed E-state index contributed by atoms with van der Waals surface area (Å²) in [5.74, 6) is -1.23. The number of nitrogens with zero attached hydrogens (tertiary/aromatic N) is 5. The minimum absolute atomic E-state index is 0.0235. The summed E-state index contributed by atoms with van der Waals surface area (Å²) in [6.45, 7) is 11.7. The fourth-order valence-corrected chi connectivity index (χ4v) is 13.9. The first kappa shape index (κ1) is 75.7. The van der Waals surface area contributed by atoms with E-state index in [0.29, 0.717) is 17.2 Å². The molecule has 10 atom stereocenters. The van der Waals surface area contributed by atoms with Crippen LogP contribution in [-0.2, 0) is 95.3 Å². The number of hydrogen-bond donors (Lipinski definition) is 2. The van der Waals surface area contributed by atoms with Crippen molar-refractivity contribution in [2.75, 3.05) is 99.3 Å². The Labute approximate surface area is 569 Å². The lowest BCUT2D eigenvalue weighted by molar-refractivity contribution is -0.279. The van der Waals surface area contributed by atoms with Crippen molar-refractivity contribution >= 4 is 54.5 Å². The highest BCUT2D eigenvalue weighted by Crippen LogP contribution is 2.58. The van der Waals surface area contributed by atoms with Crippen LogP contribution in [0.5, 0.6) is 17.2 Å². The van der Waals surface area contributed by atoms with Crippen molar-refractivity contribution in [1.82, 2.24) is 29.5 Å². The first-order valence-electron chi connectivity index (χ1n) is 32.0. The average Bonchev–Trinajstić information content (AvgIpc) is 1.58. The maximum atomic E-state index is 16.1. The topological polar surface area (TPSA) is 321 Å². The smallest absolute Gasteiger partial charge is 0.409 e. The van der Waals surface area contributed by atoms with Crippen molar-refractivity contribution in [2.24, 2.45) is 0 Å². The molecule has 2 aromatic heterocycles. The van der Waals surface area contributed by atoms with E-state index in [9.17, 15) is 24.0 Å². The minimum atomic E-state index is -4.41. The molecule has 98 heavy (non-hydrogen) atoms. The number of fused-ring (bicyclic) bond motifs is 1. The van der Waals surface area contributed by atoms with Crippen LogP contribution >= 0.6 is 7.75 Å². The zero-order chi connectivity index (χ0) is 70.4. The highest BCUT2D eigenvalue weighted by atomic mass is 31.2. The molecule has 0 spiro atoms. The number of para-hydroxylation sites is 1. The lowest BCUT2D eigenvalue weighted by Crippen LogP contribution is -2.66. The molecule has 1 unspecified atom stereocenters. The third kappa shape index (κ3) is 19.9. The van der Waals surface area contributed by atoms with E-state index < -0.39 is 98.3 Å². The Balaban J connectivity index is 0.971. The second-order valence-electron chi connectivity index (χ2n) is 23.1. The normalized spacial score (nSPS) is 20.8. The van der Waals surface area contributed by atoms with Gasteiger partial charge in [0.25, 0.3) is 5.91 Å². The number of carbonyl (C=O) groups is 5. The van der Waals surface area contributed by atoms with Crippen molar-refractivity contribution in [1.29, 1.82) is 0 Å². The van der Waals surface area contributed by atoms with Crippen LogP contribution in [0.15, 0.2) is 122 Å². The van der Waals surface area contributed by atoms with E-state index in [-0.39, 0.29) is 102 Å². The van der Waals surface area contributed by atoms with Crippen molar-refractivity contribution in [3.63, 3.8) is 0 Å². The maximum Gasteiger partial charge on any atom is 0.409 e. The zero-order valence-corrected chi connectivity index (χ0v) is 57.7. The number of rotatable bonds is 38. The van der Waals surface area contributed by atoms with Crippen LogP contribution in [0, 0.1) is 0 Å². The number of benzene rings is 4. The molecular formula is C68H88N7O22P. The molecule has 4 aromatic carbocycles. The van der Waals surface area contributed by atoms with Crippen LogP contribution in [0.1, 0.15) is 78.3 Å². The lowest BCUT2D eigenvalue weighted by atomic mass is 9.80. The van der Waals surface area contributed by atoms with Gasteiger partial charge in [-0.3, -0.25) is 37.6 Å². The Morgan fingerprint density at radius 3 is 1.71 bits per heavy atom. The molecular weight excluding hydrogens is 1300 g/mol. The van der Waals surface area contributed by atoms with Gasteiger partial charge >= 0.3 is 25.7 Å². The van der Waals surface area contributed by atoms with Gasteiger partial charge in [0.05, 0.1) is 80.0 Å². The first-order chi connectivity index (χ1) is 47.2. The number of amides is 2. The van der Waals surface area contributed by atoms with Crippen LogP contribution in [0.2, 0.25) is 0 Å². The Kier molecular flexibility index (Phi) is 28.4. The zero-order valence-electron chi connectivity index (χ0n) is 56.8. The molecule has 2 saturated heterocycles. The predicted octanol–water partition coefficient (Wildman–Crippen LogP) is 7.13. The van der Waals surface area contributed by atoms with E-state index >= 15 is 4.57 Å². The molecule has 0 aliphatic carbocycles. The molecule has 8 rings (SSSR count). The standard InChI is InChI=1S/C68H88N7O22P/c1-43(2)75(44(3)4)98(81,92-37-35-87-33-31-85-30-32-86-34-36-88-67-58(72-45(5)76)62(94-48(8)79)60(93-47(7)78)55(96-67)38-89-46(6)77)97-61-56(39-91-68(49-18-14-12-15-19-49,50-22-26-52(82-9)27-23-50)51-24-28-53(83-10)29-25-51)95-66(63(61)84-11)74-42-71-59-64(69-41-70-65(59)74)73-57(80)40-90-54-20-16-13-17-21-54/h12-29,41-44,55-56,58,60-63,66-67H,30-40H2,1-11H3,(H,72,76)(H,69,70,73,80)/t55-,56-,58-,60+,61-,62-,63-,66-,67-,98?/m1/s1. The first-order valence-corrected chi connectivity index (χ1v) is 33.5. The summed E-state index contributed by atoms with van der Waals surface area (Å²) >= 11 is 0. The Bertz CT molecular complexity index is 3500. The predicted molar refractivity (Wildman–Crippen MR) is 352 cm³/mol. The van der Waals surface area contributed by atoms with E-state index in [2.05, 4.69) is 25.6 Å². The molecule has 2 aliphatic rings. The van der Waals surface area contributed by atoms with Crippen LogP contribution in [0.3, 0.4) is 0 Å². The van der Waals surface area contributed by atoms with Gasteiger partial charge in [0, 0.05) is 46.9 Å². The second kappa shape index (κ2) is 36.7. The van der Waals surface area contributed by atoms with Crippen molar-refractivity contribution in [3.8, 4) is 17.2 Å². The quantitative estimate of drug-likeness (QED) is 0.0128. The third-order valence-electron chi connectivity index (χ3n) is 15.6. The van der Waals surface area contributed by atoms with E-state index in [0.717, 1.165) is 30.5 Å². The maximum absolute atomic E-state index is 16.1. The summed E-state index contributed by atoms with van der Waals surface area (Å²) in [6, 6.07) is 31.9. The molecule has 2 fully saturated rings. The fraction of sp³-hybridized carbons (Fsp3) is 0.500. The molecule has 29 nitrogen and oxygen atoms in total. The number of nitrogens with one attached hydrogen (secondary N) is 2. The molecule has 532 valence electrons. The largest absolute Gasteiger partial charge is 0.497 e. The van der Waals surface area contributed by atoms with Gasteiger partial charge in [-0.25, -0.2) is 24.2 Å². The summed E-state index contributed by atoms with van der Waals surface area (Å²) < 4.78 is 116. The van der Waals surface area contributed by atoms with Crippen LogP contribution in [-0.4, -0.2) is 209 Å². The molecule has 0 bridgehead atoms. The Morgan fingerprint density at radius 1 is 0.612 bits per heavy atom. The number of imidazole rings is 1. The van der Waals surface area contributed by atoms with Gasteiger partial charge in [-0.1, -0.05) is 72.8 Å². The Hall–Kier alpha value is -8.03. The number of anilines is 1. The summed E-state index contributed by atoms with van der Waals surface area (Å²) in [5, 5.41) is 5.45. The summed E-state index contributed by atoms with van der Waals surface area (Å²) in [6.07, 6.45) is -6.57. The number of ether oxygens (including phenoxy) is 14. The minimum Gasteiger partial charge on any atom is -0.497 e. The van der Waals surface area contributed by atoms with Crippen LogP contribution in [0.4, 0.5) is 5.82 Å². The summed E-state index contributed by atoms with van der Waals surface area (Å²) in [7, 11) is 0.269. The van der Waals surface area contributed by atoms with Gasteiger partial charge in [0.2, 0.25) is 5.91 Å². The molecule has 2 amide bonds. The molecule has 0 saturated carbocycles. The number of esters is 3. The van der Waals surface area contributed by atoms with Crippen molar-refractivity contribution in [2.45, 2.75) is 128 Å². The van der Waals surface area contributed by atoms with Gasteiger partial charge in [-0.2, -0.15) is 0 Å². The van der Waals surface area contributed by atoms with E-state index in [1.54, 1.807) is 47.7 Å². The highest BCUT2D eigenvalue weighted by molar-refractivity contribution is 7.51. The summed E-state index contributed by atoms with van der Waals surface area (Å²) in [4.78, 5) is 75.4. The molecule has 0 radical (unpaired) electrons. The van der Waals surface area contributed by atoms with Gasteiger partial charge < -0.3 is 76.9 Å². The van der Waals surface area contributed by atoms with Crippen LogP contribution < -0.4 is 24.8 Å². The van der Waals surface area contributed by atoms with Crippen LogP contribution in [0.25, 0.3) is 11.2 Å². The SMILES string of the molecule is COc1ccc(C(OC[C@H]2O[C@@H](n3cnc4c(NC(=O)COc5ccccc5)ncnc43)[C@H](OC)[C@@H]2OP(=O)(OCCOCCOCCOCCO[C@@H]2O[C@H](COC(C)=O)[C@H](OC(C)=O)[C@H](OC(C)=O)[C@H]2NC(C)=O)N(C(C)C)C(C)C)(c2ccccc2)c2ccc(OC)cc2)cc1. The number of aromatic nitrogens is 4. The highest BCUT2D eigenvalue weighted by Gasteiger charge is 2.55. The molecule has 2 N–H and O–H groups in total. The fourth-order valence-electron chi connectivity index (χ4n) is 11.6. The second-order valence-corrected chi connectivity index (χ2v) is 25.0. The van der Waals surface area contributed by atoms with E-state index in [1.165, 1.54) is 33.6 Å². The number of carbonyl (C=O) groups excluding carboxylic acids is 5. The molecule has 4 heterocycles. The monoisotopic (exact) mass is 1390 g/mol. The van der Waals surface area contributed by atoms with Crippen molar-refractivity contribution < 1.29 is 104 Å². The van der Waals surface area contributed by atoms with Crippen molar-refractivity contribution in [3.05, 3.63) is 139 Å². The third-order valence-corrected chi connectivity index (χ3v) is 18.1. The molecule has 6 aromatic rings. The van der Waals surface area contributed by atoms with Gasteiger partial charge in [-0.15, -0.1) is 0 Å². The number of methoxy groups -OCH3 is 3. The Morgan fingerprint density at radius 2 is 1.16 bits per heavy atom. The number of hydrogen-bond acceptors (Lipinski definition) is 25. The molecule has 2 aliphatic heterocycles. The van der Waals surface area contributed by atoms with Gasteiger partial charge in [0.1, 0.15) is 66.2 Å². The summed E-state index contributed by atoms with van der Waals surface area (Å²) in [5.41, 5.74) is 1.41.